The van der Waals surface area contributed by atoms with Crippen LogP contribution in [0.25, 0.3) is 0 Å². The van der Waals surface area contributed by atoms with Gasteiger partial charge in [-0.15, -0.1) is 0 Å². The second-order valence-corrected chi connectivity index (χ2v) is 3.35. The van der Waals surface area contributed by atoms with Crippen LogP contribution in [0, 0.1) is 10.1 Å². The average Bonchev–Trinajstić information content (AvgIpc) is 2.29. The van der Waals surface area contributed by atoms with E-state index in [1.807, 2.05) is 30.3 Å². The quantitative estimate of drug-likeness (QED) is 0.404. The predicted octanol–water partition coefficient (Wildman–Crippen LogP) is 2.77. The molecule has 0 fully saturated rings. The summed E-state index contributed by atoms with van der Waals surface area (Å²) in [5, 5.41) is 9.96. The molecular formula is C12H15NO3. The van der Waals surface area contributed by atoms with Crippen LogP contribution in [0.15, 0.2) is 42.6 Å². The molecule has 1 aromatic carbocycles. The molecule has 0 atom stereocenters. The lowest BCUT2D eigenvalue weighted by Crippen LogP contribution is -1.94. The summed E-state index contributed by atoms with van der Waals surface area (Å²) in [5.74, 6) is 0. The van der Waals surface area contributed by atoms with E-state index < -0.39 is 4.92 Å². The van der Waals surface area contributed by atoms with Gasteiger partial charge in [-0.1, -0.05) is 30.3 Å². The van der Waals surface area contributed by atoms with Gasteiger partial charge in [0.25, 0.3) is 0 Å². The Hall–Kier alpha value is -1.68. The maximum absolute atomic E-state index is 9.96. The molecule has 4 nitrogen and oxygen atoms in total. The number of hydrogen-bond donors (Lipinski definition) is 0. The molecule has 0 aliphatic heterocycles. The molecule has 0 saturated carbocycles. The van der Waals surface area contributed by atoms with Gasteiger partial charge in [0.05, 0.1) is 11.5 Å². The first-order valence-corrected chi connectivity index (χ1v) is 5.21. The summed E-state index contributed by atoms with van der Waals surface area (Å²) >= 11 is 0. The predicted molar refractivity (Wildman–Crippen MR) is 61.5 cm³/mol. The molecule has 0 bridgehead atoms. The highest BCUT2D eigenvalue weighted by molar-refractivity contribution is 5.13. The Kier molecular flexibility index (Phi) is 5.88. The van der Waals surface area contributed by atoms with Crippen LogP contribution in [0.3, 0.4) is 0 Å². The van der Waals surface area contributed by atoms with Crippen molar-refractivity contribution in [3.8, 4) is 0 Å². The normalized spacial score (nSPS) is 10.8. The first-order chi connectivity index (χ1) is 7.79. The van der Waals surface area contributed by atoms with Crippen LogP contribution in [-0.2, 0) is 11.3 Å². The van der Waals surface area contributed by atoms with Crippen molar-refractivity contribution in [2.24, 2.45) is 0 Å². The van der Waals surface area contributed by atoms with Crippen molar-refractivity contribution >= 4 is 0 Å². The van der Waals surface area contributed by atoms with E-state index in [-0.39, 0.29) is 0 Å². The van der Waals surface area contributed by atoms with Crippen molar-refractivity contribution in [1.82, 2.24) is 0 Å². The Morgan fingerprint density at radius 2 is 2.06 bits per heavy atom. The van der Waals surface area contributed by atoms with E-state index in [9.17, 15) is 10.1 Å². The first kappa shape index (κ1) is 12.4. The second kappa shape index (κ2) is 7.59. The minimum absolute atomic E-state index is 0.454. The molecule has 0 unspecified atom stereocenters. The van der Waals surface area contributed by atoms with E-state index in [1.165, 1.54) is 0 Å². The molecule has 86 valence electrons. The molecule has 0 aliphatic rings. The number of nitrogens with zero attached hydrogens (tertiary/aromatic N) is 1. The number of allylic oxidation sites excluding steroid dienone is 1. The molecule has 0 spiro atoms. The number of rotatable bonds is 7. The summed E-state index contributed by atoms with van der Waals surface area (Å²) < 4.78 is 5.42. The maximum Gasteiger partial charge on any atom is 0.230 e. The van der Waals surface area contributed by atoms with Crippen LogP contribution >= 0.6 is 0 Å². The van der Waals surface area contributed by atoms with Gasteiger partial charge >= 0.3 is 0 Å². The smallest absolute Gasteiger partial charge is 0.230 e. The molecule has 1 rings (SSSR count). The highest BCUT2D eigenvalue weighted by atomic mass is 16.6. The van der Waals surface area contributed by atoms with E-state index in [4.69, 9.17) is 4.74 Å². The number of nitro groups is 1. The molecule has 4 heteroatoms. The van der Waals surface area contributed by atoms with Gasteiger partial charge in [0, 0.05) is 6.61 Å². The SMILES string of the molecule is O=[N+]([O-])C=CCCCOCc1ccccc1. The monoisotopic (exact) mass is 221 g/mol. The summed E-state index contributed by atoms with van der Waals surface area (Å²) in [7, 11) is 0. The van der Waals surface area contributed by atoms with E-state index in [1.54, 1.807) is 6.08 Å². The van der Waals surface area contributed by atoms with E-state index in [0.717, 1.165) is 18.2 Å². The summed E-state index contributed by atoms with van der Waals surface area (Å²) in [6.45, 7) is 1.22. The fraction of sp³-hybridized carbons (Fsp3) is 0.333. The van der Waals surface area contributed by atoms with E-state index in [0.29, 0.717) is 19.6 Å². The number of benzene rings is 1. The lowest BCUT2D eigenvalue weighted by atomic mass is 10.2. The van der Waals surface area contributed by atoms with Crippen molar-refractivity contribution in [3.05, 3.63) is 58.3 Å². The Bertz CT molecular complexity index is 335. The van der Waals surface area contributed by atoms with Crippen molar-refractivity contribution in [2.45, 2.75) is 19.4 Å². The van der Waals surface area contributed by atoms with Gasteiger partial charge in [0.2, 0.25) is 6.20 Å². The fourth-order valence-corrected chi connectivity index (χ4v) is 1.23. The van der Waals surface area contributed by atoms with Crippen LogP contribution < -0.4 is 0 Å². The van der Waals surface area contributed by atoms with Crippen LogP contribution in [0.2, 0.25) is 0 Å². The van der Waals surface area contributed by atoms with Crippen LogP contribution in [0.5, 0.6) is 0 Å². The number of ether oxygens (including phenoxy) is 1. The maximum atomic E-state index is 9.96. The van der Waals surface area contributed by atoms with Gasteiger partial charge in [0.15, 0.2) is 0 Å². The molecule has 1 aromatic rings. The van der Waals surface area contributed by atoms with Gasteiger partial charge in [-0.25, -0.2) is 0 Å². The standard InChI is InChI=1S/C12H15NO3/c14-13(15)9-5-2-6-10-16-11-12-7-3-1-4-8-12/h1,3-5,7-9H,2,6,10-11H2. The number of hydrogen-bond acceptors (Lipinski definition) is 3. The van der Waals surface area contributed by atoms with Gasteiger partial charge in [-0.2, -0.15) is 0 Å². The molecule has 0 radical (unpaired) electrons. The summed E-state index contributed by atoms with van der Waals surface area (Å²) in [6, 6.07) is 9.92. The molecule has 0 N–H and O–H groups in total. The minimum atomic E-state index is -0.454. The van der Waals surface area contributed by atoms with Gasteiger partial charge in [-0.3, -0.25) is 10.1 Å². The van der Waals surface area contributed by atoms with E-state index >= 15 is 0 Å². The molecule has 0 saturated heterocycles. The van der Waals surface area contributed by atoms with Crippen LogP contribution in [-0.4, -0.2) is 11.5 Å². The molecular weight excluding hydrogens is 206 g/mol. The lowest BCUT2D eigenvalue weighted by Gasteiger charge is -2.02. The van der Waals surface area contributed by atoms with Gasteiger partial charge in [0.1, 0.15) is 0 Å². The minimum Gasteiger partial charge on any atom is -0.377 e. The van der Waals surface area contributed by atoms with Crippen molar-refractivity contribution in [1.29, 1.82) is 0 Å². The van der Waals surface area contributed by atoms with Crippen LogP contribution in [0.1, 0.15) is 18.4 Å². The first-order valence-electron chi connectivity index (χ1n) is 5.21. The molecule has 0 aromatic heterocycles. The Morgan fingerprint density at radius 3 is 2.75 bits per heavy atom. The largest absolute Gasteiger partial charge is 0.377 e. The topological polar surface area (TPSA) is 52.4 Å². The third-order valence-corrected chi connectivity index (χ3v) is 2.00. The number of unbranched alkanes of at least 4 members (excludes halogenated alkanes) is 1. The van der Waals surface area contributed by atoms with Crippen molar-refractivity contribution in [3.63, 3.8) is 0 Å². The van der Waals surface area contributed by atoms with E-state index in [2.05, 4.69) is 0 Å². The molecule has 0 aliphatic carbocycles. The average molecular weight is 221 g/mol. The fourth-order valence-electron chi connectivity index (χ4n) is 1.23. The Labute approximate surface area is 94.7 Å². The van der Waals surface area contributed by atoms with Crippen molar-refractivity contribution < 1.29 is 9.66 Å². The summed E-state index contributed by atoms with van der Waals surface area (Å²) in [4.78, 5) is 9.51. The Balaban J connectivity index is 2.02. The molecule has 16 heavy (non-hydrogen) atoms. The van der Waals surface area contributed by atoms with Crippen molar-refractivity contribution in [2.75, 3.05) is 6.61 Å². The molecule has 0 amide bonds. The summed E-state index contributed by atoms with van der Waals surface area (Å²) in [5.41, 5.74) is 1.14. The highest BCUT2D eigenvalue weighted by Gasteiger charge is 1.91. The third-order valence-electron chi connectivity index (χ3n) is 2.00. The second-order valence-electron chi connectivity index (χ2n) is 3.35. The van der Waals surface area contributed by atoms with Gasteiger partial charge in [-0.05, 0) is 24.5 Å². The zero-order valence-corrected chi connectivity index (χ0v) is 9.04. The van der Waals surface area contributed by atoms with Gasteiger partial charge < -0.3 is 4.74 Å². The van der Waals surface area contributed by atoms with Crippen LogP contribution in [0.4, 0.5) is 0 Å². The Morgan fingerprint density at radius 1 is 1.31 bits per heavy atom. The third kappa shape index (κ3) is 5.93. The highest BCUT2D eigenvalue weighted by Crippen LogP contribution is 2.01. The zero-order chi connectivity index (χ0) is 11.6. The summed E-state index contributed by atoms with van der Waals surface area (Å²) in [6.07, 6.45) is 4.00. The zero-order valence-electron chi connectivity index (χ0n) is 9.04. The molecule has 0 heterocycles. The lowest BCUT2D eigenvalue weighted by molar-refractivity contribution is -0.402.